The number of amides is 3. The van der Waals surface area contributed by atoms with E-state index >= 15 is 0 Å². The van der Waals surface area contributed by atoms with Crippen molar-refractivity contribution in [1.82, 2.24) is 16.0 Å². The summed E-state index contributed by atoms with van der Waals surface area (Å²) in [6, 6.07) is 9.76. The first kappa shape index (κ1) is 58.7. The van der Waals surface area contributed by atoms with Crippen molar-refractivity contribution in [2.75, 3.05) is 33.0 Å². The molecule has 29 heteroatoms. The maximum Gasteiger partial charge on any atom is 0.516 e. The van der Waals surface area contributed by atoms with Crippen LogP contribution in [0, 0.1) is 0 Å². The summed E-state index contributed by atoms with van der Waals surface area (Å²) in [7, 11) is 0. The van der Waals surface area contributed by atoms with E-state index in [9.17, 15) is 80.1 Å². The highest BCUT2D eigenvalue weighted by Crippen LogP contribution is 2.44. The van der Waals surface area contributed by atoms with Crippen molar-refractivity contribution in [3.8, 4) is 11.1 Å². The van der Waals surface area contributed by atoms with Crippen molar-refractivity contribution in [2.45, 2.75) is 155 Å². The fraction of sp³-hybridized carbons (Fsp3) is 0.638. The van der Waals surface area contributed by atoms with E-state index in [-0.39, 0.29) is 6.61 Å². The molecule has 0 unspecified atom stereocenters. The SMILES string of the molecule is CC(=O)N[C@@H]1[C@@H](O)[C@H](O[C@@H]2O[C@H](CO)[C@@H](O[C@@H]3O[C@H](CO[C@@H]4O[C@@H](CO)[C@H](O)[C@@H](O)[C@H]4O)[C@@H](O)[C@H](O)[C@@H]3O)[C@H](O)[C@H]2NC(C)=O)[C@@H](CO)O[C@H]1N[C@@H](CC(N)=O)C(=O)OC(=O)OCC1c2ccccc2-c2ccccc21. The molecule has 4 aliphatic heterocycles. The number of aliphatic hydroxyl groups excluding tert-OH is 11. The second kappa shape index (κ2) is 25.7. The highest BCUT2D eigenvalue weighted by atomic mass is 16.8. The molecule has 4 heterocycles. The van der Waals surface area contributed by atoms with Crippen LogP contribution in [0.3, 0.4) is 0 Å². The highest BCUT2D eigenvalue weighted by molar-refractivity contribution is 5.89. The first-order valence-corrected chi connectivity index (χ1v) is 24.1. The molecule has 4 fully saturated rings. The Labute approximate surface area is 432 Å². The van der Waals surface area contributed by atoms with Crippen LogP contribution in [-0.2, 0) is 61.8 Å². The van der Waals surface area contributed by atoms with Crippen molar-refractivity contribution < 1.29 is 123 Å². The maximum absolute atomic E-state index is 13.5. The van der Waals surface area contributed by atoms with E-state index in [2.05, 4.69) is 16.0 Å². The summed E-state index contributed by atoms with van der Waals surface area (Å²) in [4.78, 5) is 64.0. The smallest absolute Gasteiger partial charge is 0.433 e. The summed E-state index contributed by atoms with van der Waals surface area (Å²) in [5.74, 6) is -4.48. The summed E-state index contributed by atoms with van der Waals surface area (Å²) < 4.78 is 50.6. The van der Waals surface area contributed by atoms with Crippen LogP contribution in [0.25, 0.3) is 11.1 Å². The number of primary amides is 1. The predicted molar refractivity (Wildman–Crippen MR) is 247 cm³/mol. The molecule has 4 saturated heterocycles. The fourth-order valence-corrected chi connectivity index (χ4v) is 9.80. The molecule has 0 bridgehead atoms. The van der Waals surface area contributed by atoms with Gasteiger partial charge in [0, 0.05) is 19.8 Å². The molecule has 2 aromatic carbocycles. The average Bonchev–Trinajstić information content (AvgIpc) is 3.71. The van der Waals surface area contributed by atoms with Crippen molar-refractivity contribution >= 4 is 29.8 Å². The van der Waals surface area contributed by atoms with E-state index in [0.29, 0.717) is 0 Å². The monoisotopic (exact) mass is 1080 g/mol. The van der Waals surface area contributed by atoms with Crippen molar-refractivity contribution in [1.29, 1.82) is 0 Å². The Kier molecular flexibility index (Phi) is 19.8. The van der Waals surface area contributed by atoms with E-state index < -0.39 is 197 Å². The van der Waals surface area contributed by atoms with Gasteiger partial charge in [-0.25, -0.2) is 9.59 Å². The van der Waals surface area contributed by atoms with Crippen LogP contribution in [-0.4, -0.2) is 248 Å². The van der Waals surface area contributed by atoms with Gasteiger partial charge in [-0.1, -0.05) is 48.5 Å². The number of rotatable bonds is 19. The second-order valence-electron chi connectivity index (χ2n) is 18.8. The lowest BCUT2D eigenvalue weighted by atomic mass is 9.93. The van der Waals surface area contributed by atoms with Crippen molar-refractivity contribution in [3.63, 3.8) is 0 Å². The number of hydrogen-bond acceptors (Lipinski definition) is 26. The minimum absolute atomic E-state index is 0.240. The van der Waals surface area contributed by atoms with Crippen LogP contribution in [0.15, 0.2) is 48.5 Å². The molecule has 3 amide bonds. The number of esters is 1. The molecule has 0 aromatic heterocycles. The summed E-state index contributed by atoms with van der Waals surface area (Å²) in [5.41, 5.74) is 9.05. The first-order valence-electron chi connectivity index (χ1n) is 24.1. The van der Waals surface area contributed by atoms with Gasteiger partial charge in [0.2, 0.25) is 17.7 Å². The standard InChI is InChI=1S/C47H64N4O25/c1-17(55)49-30-34(60)40(26(13-53)70-42(30)51-24(11-29(48)57)43(66)76-47(67)69-15-23-21-9-5-3-7-19(21)20-8-4-6-10-22(20)23)74-44-31(50-18(2)56)35(61)41(27(14-54)72-44)75-46-39(65)37(63)33(59)28(73-46)16-68-45-38(64)36(62)32(58)25(12-52)71-45/h3-10,23-28,30-42,44-46,51-54,58-65H,11-16H2,1-2H3,(H2,48,57)(H,49,55)(H,50,56)/t24-,25-,26+,27+,28+,30+,31+,32-,33+,34+,35+,36+,37-,38+,39-,40+,41+,42+,44-,45+,46-/m0/s1. The van der Waals surface area contributed by atoms with Crippen LogP contribution in [0.2, 0.25) is 0 Å². The fourth-order valence-electron chi connectivity index (χ4n) is 9.80. The number of carbonyl (C=O) groups is 5. The number of ether oxygens (including phenoxy) is 9. The van der Waals surface area contributed by atoms with Gasteiger partial charge in [-0.05, 0) is 22.3 Å². The molecule has 21 atom stereocenters. The number of benzene rings is 2. The van der Waals surface area contributed by atoms with Gasteiger partial charge in [0.1, 0.15) is 110 Å². The van der Waals surface area contributed by atoms with Crippen LogP contribution in [0.5, 0.6) is 0 Å². The van der Waals surface area contributed by atoms with Gasteiger partial charge in [-0.15, -0.1) is 0 Å². The molecule has 16 N–H and O–H groups in total. The topological polar surface area (TPSA) is 453 Å². The zero-order valence-corrected chi connectivity index (χ0v) is 40.8. The maximum atomic E-state index is 13.5. The second-order valence-corrected chi connectivity index (χ2v) is 18.8. The van der Waals surface area contributed by atoms with Crippen LogP contribution in [0.1, 0.15) is 37.3 Å². The van der Waals surface area contributed by atoms with Gasteiger partial charge < -0.3 is 115 Å². The van der Waals surface area contributed by atoms with E-state index in [1.807, 2.05) is 48.5 Å². The Hall–Kier alpha value is -4.97. The molecule has 0 saturated carbocycles. The molecule has 76 heavy (non-hydrogen) atoms. The number of aliphatic hydroxyl groups is 11. The lowest BCUT2D eigenvalue weighted by Crippen LogP contribution is -2.72. The molecule has 0 radical (unpaired) electrons. The zero-order valence-electron chi connectivity index (χ0n) is 40.8. The predicted octanol–water partition coefficient (Wildman–Crippen LogP) is -7.13. The third-order valence-corrected chi connectivity index (χ3v) is 13.6. The van der Waals surface area contributed by atoms with Crippen LogP contribution in [0.4, 0.5) is 4.79 Å². The Morgan fingerprint density at radius 3 is 1.63 bits per heavy atom. The normalized spacial score (nSPS) is 36.8. The first-order chi connectivity index (χ1) is 36.2. The molecule has 29 nitrogen and oxygen atoms in total. The Morgan fingerprint density at radius 2 is 1.07 bits per heavy atom. The van der Waals surface area contributed by atoms with Gasteiger partial charge in [0.15, 0.2) is 18.9 Å². The van der Waals surface area contributed by atoms with Crippen molar-refractivity contribution in [2.24, 2.45) is 5.73 Å². The van der Waals surface area contributed by atoms with Crippen molar-refractivity contribution in [3.05, 3.63) is 59.7 Å². The average molecular weight is 1090 g/mol. The van der Waals surface area contributed by atoms with Crippen LogP contribution >= 0.6 is 0 Å². The lowest BCUT2D eigenvalue weighted by molar-refractivity contribution is -0.363. The molecular weight excluding hydrogens is 1020 g/mol. The number of hydrogen-bond donors (Lipinski definition) is 15. The van der Waals surface area contributed by atoms with E-state index in [4.69, 9.17) is 48.4 Å². The Bertz CT molecular complexity index is 2290. The molecule has 1 aliphatic carbocycles. The molecular formula is C47H64N4O25. The van der Waals surface area contributed by atoms with E-state index in [1.54, 1.807) is 0 Å². The number of nitrogens with two attached hydrogens (primary N) is 1. The van der Waals surface area contributed by atoms with Gasteiger partial charge in [-0.2, -0.15) is 0 Å². The quantitative estimate of drug-likeness (QED) is 0.0459. The van der Waals surface area contributed by atoms with E-state index in [0.717, 1.165) is 36.1 Å². The summed E-state index contributed by atoms with van der Waals surface area (Å²) in [6.07, 6.45) is -34.9. The zero-order chi connectivity index (χ0) is 55.3. The lowest BCUT2D eigenvalue weighted by Gasteiger charge is -2.50. The minimum Gasteiger partial charge on any atom is -0.433 e. The van der Waals surface area contributed by atoms with Gasteiger partial charge in [-0.3, -0.25) is 19.7 Å². The third-order valence-electron chi connectivity index (χ3n) is 13.6. The summed E-state index contributed by atoms with van der Waals surface area (Å²) in [6.45, 7) is -1.70. The molecule has 422 valence electrons. The Morgan fingerprint density at radius 1 is 0.579 bits per heavy atom. The summed E-state index contributed by atoms with van der Waals surface area (Å²) >= 11 is 0. The minimum atomic E-state index is -2.08. The van der Waals surface area contributed by atoms with E-state index in [1.165, 1.54) is 0 Å². The number of carbonyl (C=O) groups excluding carboxylic acids is 5. The third kappa shape index (κ3) is 13.0. The van der Waals surface area contributed by atoms with Gasteiger partial charge in [0.25, 0.3) is 0 Å². The Balaban J connectivity index is 1.03. The van der Waals surface area contributed by atoms with Crippen LogP contribution < -0.4 is 21.7 Å². The van der Waals surface area contributed by atoms with Gasteiger partial charge >= 0.3 is 12.1 Å². The number of nitrogens with one attached hydrogen (secondary N) is 3. The largest absolute Gasteiger partial charge is 0.516 e. The van der Waals surface area contributed by atoms with Gasteiger partial charge in [0.05, 0.1) is 38.9 Å². The molecule has 2 aromatic rings. The molecule has 5 aliphatic rings. The number of fused-ring (bicyclic) bond motifs is 3. The molecule has 7 rings (SSSR count). The highest BCUT2D eigenvalue weighted by Gasteiger charge is 2.55. The molecule has 0 spiro atoms. The summed E-state index contributed by atoms with van der Waals surface area (Å²) in [5, 5.41) is 125.